The van der Waals surface area contributed by atoms with Crippen molar-refractivity contribution < 1.29 is 9.18 Å². The molecule has 0 aromatic heterocycles. The van der Waals surface area contributed by atoms with Gasteiger partial charge in [0.25, 0.3) is 0 Å². The Morgan fingerprint density at radius 2 is 2.24 bits per heavy atom. The Kier molecular flexibility index (Phi) is 5.22. The Morgan fingerprint density at radius 1 is 1.53 bits per heavy atom. The highest BCUT2D eigenvalue weighted by molar-refractivity contribution is 6.31. The number of amides is 1. The molecule has 1 amide bonds. The molecule has 0 aliphatic rings. The number of benzene rings is 1. The summed E-state index contributed by atoms with van der Waals surface area (Å²) in [7, 11) is 0. The minimum atomic E-state index is -0.471. The van der Waals surface area contributed by atoms with Crippen LogP contribution in [0.2, 0.25) is 5.02 Å². The van der Waals surface area contributed by atoms with Crippen molar-refractivity contribution in [2.24, 2.45) is 0 Å². The molecule has 0 aliphatic heterocycles. The number of carbonyl (C=O) groups excluding carboxylic acids is 1. The summed E-state index contributed by atoms with van der Waals surface area (Å²) in [5, 5.41) is 5.74. The normalized spacial score (nSPS) is 12.0. The number of hydrogen-bond acceptors (Lipinski definition) is 2. The van der Waals surface area contributed by atoms with Gasteiger partial charge < -0.3 is 10.6 Å². The molecule has 0 saturated heterocycles. The molecule has 0 spiro atoms. The van der Waals surface area contributed by atoms with Crippen LogP contribution >= 0.6 is 11.6 Å². The molecule has 0 saturated carbocycles. The van der Waals surface area contributed by atoms with E-state index in [4.69, 9.17) is 11.6 Å². The molecule has 3 nitrogen and oxygen atoms in total. The Balaban J connectivity index is 2.45. The van der Waals surface area contributed by atoms with Crippen LogP contribution in [0.25, 0.3) is 0 Å². The molecule has 1 unspecified atom stereocenters. The van der Waals surface area contributed by atoms with Crippen LogP contribution in [0.3, 0.4) is 0 Å². The van der Waals surface area contributed by atoms with E-state index in [0.717, 1.165) is 6.42 Å². The van der Waals surface area contributed by atoms with Gasteiger partial charge >= 0.3 is 0 Å². The van der Waals surface area contributed by atoms with Gasteiger partial charge in [0.1, 0.15) is 5.82 Å². The molecule has 94 valence electrons. The van der Waals surface area contributed by atoms with Crippen LogP contribution in [0.4, 0.5) is 10.1 Å². The quantitative estimate of drug-likeness (QED) is 0.853. The van der Waals surface area contributed by atoms with Gasteiger partial charge in [-0.1, -0.05) is 18.5 Å². The molecule has 0 radical (unpaired) electrons. The second kappa shape index (κ2) is 6.45. The van der Waals surface area contributed by atoms with Crippen molar-refractivity contribution in [2.75, 3.05) is 11.9 Å². The van der Waals surface area contributed by atoms with E-state index >= 15 is 0 Å². The van der Waals surface area contributed by atoms with Gasteiger partial charge in [0, 0.05) is 11.7 Å². The molecule has 1 atom stereocenters. The molecule has 2 N–H and O–H groups in total. The van der Waals surface area contributed by atoms with Crippen LogP contribution in [-0.4, -0.2) is 18.5 Å². The smallest absolute Gasteiger partial charge is 0.239 e. The fraction of sp³-hybridized carbons (Fsp3) is 0.417. The van der Waals surface area contributed by atoms with Crippen LogP contribution < -0.4 is 10.6 Å². The molecule has 0 heterocycles. The largest absolute Gasteiger partial charge is 0.376 e. The average Bonchev–Trinajstić information content (AvgIpc) is 2.30. The minimum Gasteiger partial charge on any atom is -0.376 e. The van der Waals surface area contributed by atoms with E-state index in [1.165, 1.54) is 18.2 Å². The highest BCUT2D eigenvalue weighted by Gasteiger charge is 2.06. The topological polar surface area (TPSA) is 41.1 Å². The van der Waals surface area contributed by atoms with E-state index in [9.17, 15) is 9.18 Å². The van der Waals surface area contributed by atoms with E-state index in [0.29, 0.717) is 5.69 Å². The van der Waals surface area contributed by atoms with E-state index in [1.54, 1.807) is 0 Å². The Hall–Kier alpha value is -1.29. The molecule has 5 heteroatoms. The van der Waals surface area contributed by atoms with E-state index < -0.39 is 5.82 Å². The number of anilines is 1. The first-order valence-corrected chi connectivity index (χ1v) is 5.89. The summed E-state index contributed by atoms with van der Waals surface area (Å²) in [4.78, 5) is 11.5. The predicted molar refractivity (Wildman–Crippen MR) is 67.8 cm³/mol. The molecule has 1 aromatic rings. The molecule has 17 heavy (non-hydrogen) atoms. The van der Waals surface area contributed by atoms with E-state index in [-0.39, 0.29) is 23.5 Å². The minimum absolute atomic E-state index is 0.0392. The fourth-order valence-electron chi connectivity index (χ4n) is 1.22. The number of hydrogen-bond donors (Lipinski definition) is 2. The van der Waals surface area contributed by atoms with Gasteiger partial charge in [0.05, 0.1) is 11.6 Å². The molecule has 0 aliphatic carbocycles. The van der Waals surface area contributed by atoms with Gasteiger partial charge in [-0.2, -0.15) is 0 Å². The first-order chi connectivity index (χ1) is 8.02. The number of carbonyl (C=O) groups is 1. The summed E-state index contributed by atoms with van der Waals surface area (Å²) >= 11 is 5.62. The van der Waals surface area contributed by atoms with Crippen LogP contribution in [0.1, 0.15) is 20.3 Å². The van der Waals surface area contributed by atoms with Gasteiger partial charge in [-0.15, -0.1) is 0 Å². The molecule has 1 rings (SSSR count). The lowest BCUT2D eigenvalue weighted by Crippen LogP contribution is -2.36. The maximum Gasteiger partial charge on any atom is 0.239 e. The zero-order chi connectivity index (χ0) is 12.8. The molecule has 1 aromatic carbocycles. The second-order valence-electron chi connectivity index (χ2n) is 3.86. The lowest BCUT2D eigenvalue weighted by molar-refractivity contribution is -0.120. The number of nitrogens with one attached hydrogen (secondary N) is 2. The highest BCUT2D eigenvalue weighted by Crippen LogP contribution is 2.18. The van der Waals surface area contributed by atoms with Crippen molar-refractivity contribution in [2.45, 2.75) is 26.3 Å². The second-order valence-corrected chi connectivity index (χ2v) is 4.27. The lowest BCUT2D eigenvalue weighted by atomic mass is 10.2. The number of rotatable bonds is 5. The van der Waals surface area contributed by atoms with Crippen molar-refractivity contribution in [3.05, 3.63) is 29.0 Å². The van der Waals surface area contributed by atoms with Gasteiger partial charge in [-0.25, -0.2) is 4.39 Å². The lowest BCUT2D eigenvalue weighted by Gasteiger charge is -2.12. The van der Waals surface area contributed by atoms with Crippen LogP contribution in [0.5, 0.6) is 0 Å². The van der Waals surface area contributed by atoms with Crippen LogP contribution in [0, 0.1) is 5.82 Å². The van der Waals surface area contributed by atoms with Crippen LogP contribution in [-0.2, 0) is 4.79 Å². The highest BCUT2D eigenvalue weighted by atomic mass is 35.5. The van der Waals surface area contributed by atoms with Crippen molar-refractivity contribution in [1.29, 1.82) is 0 Å². The maximum absolute atomic E-state index is 12.9. The predicted octanol–water partition coefficient (Wildman–Crippen LogP) is 2.81. The fourth-order valence-corrected chi connectivity index (χ4v) is 1.40. The van der Waals surface area contributed by atoms with Gasteiger partial charge in [0.15, 0.2) is 0 Å². The summed E-state index contributed by atoms with van der Waals surface area (Å²) in [6.07, 6.45) is 0.883. The average molecular weight is 259 g/mol. The van der Waals surface area contributed by atoms with Gasteiger partial charge in [-0.3, -0.25) is 4.79 Å². The zero-order valence-electron chi connectivity index (χ0n) is 9.89. The third kappa shape index (κ3) is 4.61. The summed E-state index contributed by atoms with van der Waals surface area (Å²) in [6.45, 7) is 4.08. The van der Waals surface area contributed by atoms with Crippen molar-refractivity contribution in [3.8, 4) is 0 Å². The Bertz CT molecular complexity index is 398. The summed E-state index contributed by atoms with van der Waals surface area (Å²) < 4.78 is 12.9. The van der Waals surface area contributed by atoms with Gasteiger partial charge in [0.2, 0.25) is 5.91 Å². The monoisotopic (exact) mass is 258 g/mol. The van der Waals surface area contributed by atoms with Crippen molar-refractivity contribution >= 4 is 23.2 Å². The van der Waals surface area contributed by atoms with E-state index in [2.05, 4.69) is 10.6 Å². The number of halogens is 2. The third-order valence-electron chi connectivity index (χ3n) is 2.39. The van der Waals surface area contributed by atoms with E-state index in [1.807, 2.05) is 13.8 Å². The van der Waals surface area contributed by atoms with Crippen molar-refractivity contribution in [1.82, 2.24) is 5.32 Å². The zero-order valence-corrected chi connectivity index (χ0v) is 10.6. The first-order valence-electron chi connectivity index (χ1n) is 5.51. The molecule has 0 fully saturated rings. The SMILES string of the molecule is CCC(C)NC(=O)CNc1ccc(F)c(Cl)c1. The first kappa shape index (κ1) is 13.8. The molecule has 0 bridgehead atoms. The molecular formula is C12H16ClFN2O. The summed E-state index contributed by atoms with van der Waals surface area (Å²) in [5.41, 5.74) is 0.621. The van der Waals surface area contributed by atoms with Crippen LogP contribution in [0.15, 0.2) is 18.2 Å². The van der Waals surface area contributed by atoms with Crippen molar-refractivity contribution in [3.63, 3.8) is 0 Å². The molecular weight excluding hydrogens is 243 g/mol. The summed E-state index contributed by atoms with van der Waals surface area (Å²) in [5.74, 6) is -0.568. The Morgan fingerprint density at radius 3 is 2.82 bits per heavy atom. The third-order valence-corrected chi connectivity index (χ3v) is 2.68. The standard InChI is InChI=1S/C12H16ClFN2O/c1-3-8(2)16-12(17)7-15-9-4-5-11(14)10(13)6-9/h4-6,8,15H,3,7H2,1-2H3,(H,16,17). The maximum atomic E-state index is 12.9. The Labute approximate surface area is 105 Å². The summed E-state index contributed by atoms with van der Waals surface area (Å²) in [6, 6.07) is 4.41. The van der Waals surface area contributed by atoms with Gasteiger partial charge in [-0.05, 0) is 31.5 Å².